The molecule has 1 aromatic heterocycles. The first-order valence-corrected chi connectivity index (χ1v) is 6.05. The maximum absolute atomic E-state index is 11.9. The predicted molar refractivity (Wildman–Crippen MR) is 73.9 cm³/mol. The second-order valence-corrected chi connectivity index (χ2v) is 4.37. The maximum atomic E-state index is 11.9. The summed E-state index contributed by atoms with van der Waals surface area (Å²) in [7, 11) is 0. The molecule has 0 radical (unpaired) electrons. The van der Waals surface area contributed by atoms with Gasteiger partial charge in [0.2, 0.25) is 0 Å². The van der Waals surface area contributed by atoms with E-state index in [1.807, 2.05) is 6.07 Å². The van der Waals surface area contributed by atoms with Gasteiger partial charge >= 0.3 is 5.97 Å². The number of halogens is 1. The van der Waals surface area contributed by atoms with Crippen LogP contribution in [0.2, 0.25) is 5.02 Å². The molecule has 2 N–H and O–H groups in total. The van der Waals surface area contributed by atoms with Crippen LogP contribution in [0.1, 0.15) is 21.6 Å². The third-order valence-electron chi connectivity index (χ3n) is 2.59. The number of esters is 1. The Balaban J connectivity index is 2.11. The van der Waals surface area contributed by atoms with Crippen molar-refractivity contribution < 1.29 is 9.53 Å². The number of rotatable bonds is 3. The van der Waals surface area contributed by atoms with Gasteiger partial charge in [-0.25, -0.2) is 9.78 Å². The lowest BCUT2D eigenvalue weighted by Gasteiger charge is -2.08. The van der Waals surface area contributed by atoms with Crippen LogP contribution < -0.4 is 5.73 Å². The summed E-state index contributed by atoms with van der Waals surface area (Å²) in [5.41, 5.74) is 6.94. The van der Waals surface area contributed by atoms with Crippen LogP contribution in [-0.2, 0) is 11.3 Å². The molecular formula is C14H10ClN3O2. The quantitative estimate of drug-likeness (QED) is 0.692. The van der Waals surface area contributed by atoms with E-state index in [0.29, 0.717) is 10.6 Å². The summed E-state index contributed by atoms with van der Waals surface area (Å²) in [6, 6.07) is 9.80. The summed E-state index contributed by atoms with van der Waals surface area (Å²) in [5, 5.41) is 9.33. The first-order valence-electron chi connectivity index (χ1n) is 5.68. The first-order chi connectivity index (χ1) is 9.61. The van der Waals surface area contributed by atoms with Crippen LogP contribution in [0.4, 0.5) is 5.69 Å². The molecule has 0 aliphatic heterocycles. The number of pyridine rings is 1. The highest BCUT2D eigenvalue weighted by Crippen LogP contribution is 2.19. The summed E-state index contributed by atoms with van der Waals surface area (Å²) in [6.45, 7) is -0.0440. The van der Waals surface area contributed by atoms with Gasteiger partial charge in [-0.3, -0.25) is 0 Å². The molecule has 5 nitrogen and oxygen atoms in total. The van der Waals surface area contributed by atoms with E-state index in [1.54, 1.807) is 18.2 Å². The smallest absolute Gasteiger partial charge is 0.340 e. The SMILES string of the molecule is N#Cc1ncccc1COC(=O)c1ccc(Cl)cc1N. The van der Waals surface area contributed by atoms with Gasteiger partial charge in [0.25, 0.3) is 0 Å². The Kier molecular flexibility index (Phi) is 4.18. The second kappa shape index (κ2) is 6.04. The van der Waals surface area contributed by atoms with Crippen LogP contribution in [0.15, 0.2) is 36.5 Å². The Bertz CT molecular complexity index is 695. The molecule has 0 fully saturated rings. The lowest BCUT2D eigenvalue weighted by Crippen LogP contribution is -2.09. The van der Waals surface area contributed by atoms with Gasteiger partial charge in [0, 0.05) is 22.5 Å². The van der Waals surface area contributed by atoms with Gasteiger partial charge in [-0.1, -0.05) is 17.7 Å². The molecule has 2 rings (SSSR count). The average molecular weight is 288 g/mol. The van der Waals surface area contributed by atoms with Crippen LogP contribution in [-0.4, -0.2) is 11.0 Å². The van der Waals surface area contributed by atoms with Gasteiger partial charge in [-0.05, 0) is 24.3 Å². The Morgan fingerprint density at radius 3 is 2.95 bits per heavy atom. The molecule has 0 aliphatic rings. The molecule has 0 unspecified atom stereocenters. The lowest BCUT2D eigenvalue weighted by molar-refractivity contribution is 0.0473. The number of carbonyl (C=O) groups is 1. The fourth-order valence-electron chi connectivity index (χ4n) is 1.60. The third-order valence-corrected chi connectivity index (χ3v) is 2.82. The largest absolute Gasteiger partial charge is 0.457 e. The summed E-state index contributed by atoms with van der Waals surface area (Å²) in [6.07, 6.45) is 1.50. The van der Waals surface area contributed by atoms with Gasteiger partial charge < -0.3 is 10.5 Å². The van der Waals surface area contributed by atoms with Crippen molar-refractivity contribution in [3.63, 3.8) is 0 Å². The number of ether oxygens (including phenoxy) is 1. The fourth-order valence-corrected chi connectivity index (χ4v) is 1.78. The van der Waals surface area contributed by atoms with Crippen molar-refractivity contribution in [1.29, 1.82) is 5.26 Å². The zero-order chi connectivity index (χ0) is 14.5. The zero-order valence-corrected chi connectivity index (χ0v) is 11.1. The number of hydrogen-bond donors (Lipinski definition) is 1. The molecule has 100 valence electrons. The highest BCUT2D eigenvalue weighted by atomic mass is 35.5. The van der Waals surface area contributed by atoms with E-state index in [0.717, 1.165) is 0 Å². The first kappa shape index (κ1) is 13.8. The minimum atomic E-state index is -0.577. The van der Waals surface area contributed by atoms with Crippen molar-refractivity contribution in [2.75, 3.05) is 5.73 Å². The van der Waals surface area contributed by atoms with E-state index in [9.17, 15) is 4.79 Å². The lowest BCUT2D eigenvalue weighted by atomic mass is 10.2. The normalized spacial score (nSPS) is 9.80. The van der Waals surface area contributed by atoms with Crippen LogP contribution in [0, 0.1) is 11.3 Å². The number of hydrogen-bond acceptors (Lipinski definition) is 5. The van der Waals surface area contributed by atoms with Crippen LogP contribution in [0.3, 0.4) is 0 Å². The van der Waals surface area contributed by atoms with Crippen molar-refractivity contribution in [3.8, 4) is 6.07 Å². The van der Waals surface area contributed by atoms with E-state index in [-0.39, 0.29) is 23.6 Å². The summed E-state index contributed by atoms with van der Waals surface area (Å²) in [5.74, 6) is -0.577. The number of anilines is 1. The minimum Gasteiger partial charge on any atom is -0.457 e. The minimum absolute atomic E-state index is 0.0440. The van der Waals surface area contributed by atoms with Crippen molar-refractivity contribution in [3.05, 3.63) is 58.4 Å². The van der Waals surface area contributed by atoms with E-state index in [2.05, 4.69) is 4.98 Å². The number of carbonyl (C=O) groups excluding carboxylic acids is 1. The highest BCUT2D eigenvalue weighted by molar-refractivity contribution is 6.31. The number of nitrogens with zero attached hydrogens (tertiary/aromatic N) is 2. The molecule has 0 spiro atoms. The van der Waals surface area contributed by atoms with Crippen LogP contribution in [0.25, 0.3) is 0 Å². The second-order valence-electron chi connectivity index (χ2n) is 3.93. The van der Waals surface area contributed by atoms with Crippen molar-refractivity contribution in [2.45, 2.75) is 6.61 Å². The summed E-state index contributed by atoms with van der Waals surface area (Å²) < 4.78 is 5.12. The predicted octanol–water partition coefficient (Wildman–Crippen LogP) is 2.55. The molecule has 0 saturated carbocycles. The van der Waals surface area contributed by atoms with Gasteiger partial charge in [-0.2, -0.15) is 5.26 Å². The van der Waals surface area contributed by atoms with Crippen LogP contribution >= 0.6 is 11.6 Å². The molecule has 0 saturated heterocycles. The third kappa shape index (κ3) is 3.05. The molecule has 0 aliphatic carbocycles. The fraction of sp³-hybridized carbons (Fsp3) is 0.0714. The number of nitriles is 1. The summed E-state index contributed by atoms with van der Waals surface area (Å²) >= 11 is 5.76. The number of aromatic nitrogens is 1. The molecule has 2 aromatic rings. The van der Waals surface area contributed by atoms with Crippen molar-refractivity contribution in [2.24, 2.45) is 0 Å². The van der Waals surface area contributed by atoms with Crippen molar-refractivity contribution >= 4 is 23.3 Å². The molecule has 1 aromatic carbocycles. The van der Waals surface area contributed by atoms with Gasteiger partial charge in [0.15, 0.2) is 0 Å². The molecule has 0 bridgehead atoms. The molecule has 1 heterocycles. The Hall–Kier alpha value is -2.58. The van der Waals surface area contributed by atoms with E-state index < -0.39 is 5.97 Å². The molecular weight excluding hydrogens is 278 g/mol. The van der Waals surface area contributed by atoms with Gasteiger partial charge in [0.1, 0.15) is 18.4 Å². The maximum Gasteiger partial charge on any atom is 0.340 e. The highest BCUT2D eigenvalue weighted by Gasteiger charge is 2.13. The molecule has 6 heteroatoms. The Labute approximate surface area is 120 Å². The standard InChI is InChI=1S/C14H10ClN3O2/c15-10-3-4-11(12(17)6-10)14(19)20-8-9-2-1-5-18-13(9)7-16/h1-6H,8,17H2. The van der Waals surface area contributed by atoms with Crippen molar-refractivity contribution in [1.82, 2.24) is 4.98 Å². The van der Waals surface area contributed by atoms with Crippen LogP contribution in [0.5, 0.6) is 0 Å². The number of nitrogens with two attached hydrogens (primary N) is 1. The molecule has 0 atom stereocenters. The number of benzene rings is 1. The topological polar surface area (TPSA) is 89.0 Å². The Morgan fingerprint density at radius 2 is 2.25 bits per heavy atom. The average Bonchev–Trinajstić information content (AvgIpc) is 2.45. The van der Waals surface area contributed by atoms with Gasteiger partial charge in [0.05, 0.1) is 5.56 Å². The number of nitrogen functional groups attached to an aromatic ring is 1. The Morgan fingerprint density at radius 1 is 1.45 bits per heavy atom. The molecule has 20 heavy (non-hydrogen) atoms. The zero-order valence-electron chi connectivity index (χ0n) is 10.3. The van der Waals surface area contributed by atoms with E-state index in [1.165, 1.54) is 18.3 Å². The van der Waals surface area contributed by atoms with E-state index in [4.69, 9.17) is 27.3 Å². The monoisotopic (exact) mass is 287 g/mol. The summed E-state index contributed by atoms with van der Waals surface area (Å²) in [4.78, 5) is 15.8. The molecule has 0 amide bonds. The van der Waals surface area contributed by atoms with Gasteiger partial charge in [-0.15, -0.1) is 0 Å². The van der Waals surface area contributed by atoms with E-state index >= 15 is 0 Å².